The molecule has 0 radical (unpaired) electrons. The van der Waals surface area contributed by atoms with Crippen molar-refractivity contribution in [2.75, 3.05) is 13.7 Å². The van der Waals surface area contributed by atoms with E-state index in [2.05, 4.69) is 38.0 Å². The fourth-order valence-electron chi connectivity index (χ4n) is 0.0833. The smallest absolute Gasteiger partial charge is 0 e. The molecule has 0 amide bonds. The van der Waals surface area contributed by atoms with Gasteiger partial charge >= 0.3 is 62.5 Å². The number of methoxy groups -OCH3 is 1. The maximum Gasteiger partial charge on any atom is 0 e. The van der Waals surface area contributed by atoms with Crippen molar-refractivity contribution in [1.82, 2.24) is 0 Å². The minimum absolute atomic E-state index is 0. The number of esters is 1. The maximum absolute atomic E-state index is 9.83. The van der Waals surface area contributed by atoms with Crippen LogP contribution in [0.2, 0.25) is 0 Å². The summed E-state index contributed by atoms with van der Waals surface area (Å²) in [6, 6.07) is 0. The Kier molecular flexibility index (Phi) is 510. The molecule has 0 aliphatic rings. The molecule has 0 aromatic rings. The van der Waals surface area contributed by atoms with E-state index in [0.29, 0.717) is 0 Å². The molecule has 17 heavy (non-hydrogen) atoms. The molecule has 0 aromatic carbocycles. The fraction of sp³-hybridized carbons (Fsp3) is 0.250. The number of ether oxygens (including phenoxy) is 1. The molecule has 0 unspecified atom stereocenters. The Bertz CT molecular complexity index is 165. The molecule has 2 N–H and O–H groups in total. The Labute approximate surface area is 113 Å². The second-order valence-electron chi connectivity index (χ2n) is 0.780. The SMILES string of the molecule is COC(=O)CN.[C-]#[O+].[C-]#[O+].[C-]#[O+].[C-]#[O+].[C-]#[O+].[Mo]. The fourth-order valence-corrected chi connectivity index (χ4v) is 0.0833. The van der Waals surface area contributed by atoms with E-state index in [0.717, 1.165) is 0 Å². The largest absolute Gasteiger partial charge is 0 e. The summed E-state index contributed by atoms with van der Waals surface area (Å²) in [5.41, 5.74) is 4.81. The first-order valence-electron chi connectivity index (χ1n) is 2.60. The number of carbonyl (C=O) groups excluding carboxylic acids is 1. The van der Waals surface area contributed by atoms with Crippen LogP contribution in [0.25, 0.3) is 0 Å². The van der Waals surface area contributed by atoms with Gasteiger partial charge in [0.15, 0.2) is 0 Å². The van der Waals surface area contributed by atoms with Crippen LogP contribution in [0.15, 0.2) is 0 Å². The van der Waals surface area contributed by atoms with E-state index >= 15 is 0 Å². The predicted octanol–water partition coefficient (Wildman–Crippen LogP) is -1.07. The first-order chi connectivity index (χ1) is 7.81. The molecule has 0 aromatic heterocycles. The van der Waals surface area contributed by atoms with Gasteiger partial charge in [-0.05, 0) is 0 Å². The molecule has 8 nitrogen and oxygen atoms in total. The average Bonchev–Trinajstić information content (AvgIpc) is 2.48. The zero-order chi connectivity index (χ0) is 15.0. The average molecular weight is 325 g/mol. The molecule has 0 aliphatic heterocycles. The quantitative estimate of drug-likeness (QED) is 0.283. The molecule has 92 valence electrons. The standard InChI is InChI=1S/C3H7NO2.5CO.Mo/c1-6-3(5)2-4;5*1-2;/h2,4H2,1H3;;;;;;. The molecular formula is C8H7MoNO7. The Morgan fingerprint density at radius 3 is 1.12 bits per heavy atom. The molecule has 0 heterocycles. The molecule has 0 fully saturated rings. The molecule has 9 heteroatoms. The van der Waals surface area contributed by atoms with Crippen LogP contribution < -0.4 is 5.73 Å². The van der Waals surface area contributed by atoms with Gasteiger partial charge in [-0.15, -0.1) is 0 Å². The third-order valence-electron chi connectivity index (χ3n) is 0.394. The van der Waals surface area contributed by atoms with Crippen LogP contribution in [-0.2, 0) is 53.9 Å². The number of hydrogen-bond donors (Lipinski definition) is 1. The van der Waals surface area contributed by atoms with E-state index in [4.69, 9.17) is 29.0 Å². The Morgan fingerprint density at radius 1 is 0.941 bits per heavy atom. The Balaban J connectivity index is -0.0000000158. The molecule has 0 saturated heterocycles. The molecular weight excluding hydrogens is 318 g/mol. The van der Waals surface area contributed by atoms with E-state index in [1.807, 2.05) is 0 Å². The first kappa shape index (κ1) is 44.7. The van der Waals surface area contributed by atoms with E-state index in [1.165, 1.54) is 7.11 Å². The van der Waals surface area contributed by atoms with E-state index in [-0.39, 0.29) is 33.6 Å². The van der Waals surface area contributed by atoms with Gasteiger partial charge in [0.25, 0.3) is 0 Å². The number of carbonyl (C=O) groups is 1. The van der Waals surface area contributed by atoms with E-state index in [1.54, 1.807) is 0 Å². The van der Waals surface area contributed by atoms with Gasteiger partial charge in [0.2, 0.25) is 0 Å². The van der Waals surface area contributed by atoms with Gasteiger partial charge in [-0.2, -0.15) is 0 Å². The molecule has 0 atom stereocenters. The van der Waals surface area contributed by atoms with Gasteiger partial charge in [-0.25, -0.2) is 0 Å². The van der Waals surface area contributed by atoms with Gasteiger partial charge < -0.3 is 10.5 Å². The molecule has 0 saturated carbocycles. The van der Waals surface area contributed by atoms with Crippen LogP contribution in [0.4, 0.5) is 0 Å². The Hall–Kier alpha value is -1.18. The first-order valence-corrected chi connectivity index (χ1v) is 2.60. The third kappa shape index (κ3) is 307. The summed E-state index contributed by atoms with van der Waals surface area (Å²) >= 11 is 0. The van der Waals surface area contributed by atoms with Gasteiger partial charge in [0, 0.05) is 21.1 Å². The van der Waals surface area contributed by atoms with Crippen LogP contribution in [-0.4, -0.2) is 19.6 Å². The van der Waals surface area contributed by atoms with Crippen LogP contribution in [0.3, 0.4) is 0 Å². The second-order valence-corrected chi connectivity index (χ2v) is 0.780. The summed E-state index contributed by atoms with van der Waals surface area (Å²) in [5, 5.41) is 0. The minimum Gasteiger partial charge on any atom is 0 e. The van der Waals surface area contributed by atoms with Gasteiger partial charge in [-0.3, -0.25) is 4.79 Å². The van der Waals surface area contributed by atoms with Crippen molar-refractivity contribution in [3.05, 3.63) is 33.3 Å². The zero-order valence-electron chi connectivity index (χ0n) is 8.55. The summed E-state index contributed by atoms with van der Waals surface area (Å²) in [7, 11) is 1.30. The van der Waals surface area contributed by atoms with Crippen molar-refractivity contribution in [3.8, 4) is 0 Å². The summed E-state index contributed by atoms with van der Waals surface area (Å²) in [4.78, 5) is 9.83. The maximum atomic E-state index is 9.83. The number of hydrogen-bond acceptors (Lipinski definition) is 3. The number of nitrogens with two attached hydrogens (primary N) is 1. The van der Waals surface area contributed by atoms with Crippen molar-refractivity contribution < 1.29 is 53.9 Å². The Morgan fingerprint density at radius 2 is 1.12 bits per heavy atom. The summed E-state index contributed by atoms with van der Waals surface area (Å²) < 4.78 is 41.6. The van der Waals surface area contributed by atoms with Crippen LogP contribution in [0, 0.1) is 33.3 Å². The van der Waals surface area contributed by atoms with Crippen LogP contribution in [0.1, 0.15) is 0 Å². The summed E-state index contributed by atoms with van der Waals surface area (Å²) in [6.45, 7) is 22.5. The van der Waals surface area contributed by atoms with Crippen molar-refractivity contribution >= 4 is 5.97 Å². The van der Waals surface area contributed by atoms with Gasteiger partial charge in [-0.1, -0.05) is 0 Å². The topological polar surface area (TPSA) is 152 Å². The molecule has 0 aliphatic carbocycles. The summed E-state index contributed by atoms with van der Waals surface area (Å²) in [6.07, 6.45) is 0. The third-order valence-corrected chi connectivity index (χ3v) is 0.394. The summed E-state index contributed by atoms with van der Waals surface area (Å²) in [5.74, 6) is -0.380. The van der Waals surface area contributed by atoms with Crippen molar-refractivity contribution in [3.63, 3.8) is 0 Å². The molecule has 0 bridgehead atoms. The van der Waals surface area contributed by atoms with Crippen molar-refractivity contribution in [2.24, 2.45) is 5.73 Å². The van der Waals surface area contributed by atoms with E-state index in [9.17, 15) is 4.79 Å². The zero-order valence-corrected chi connectivity index (χ0v) is 10.6. The number of rotatable bonds is 1. The predicted molar refractivity (Wildman–Crippen MR) is 40.7 cm³/mol. The van der Waals surface area contributed by atoms with Crippen molar-refractivity contribution in [1.29, 1.82) is 0 Å². The van der Waals surface area contributed by atoms with Crippen LogP contribution in [0.5, 0.6) is 0 Å². The molecule has 0 rings (SSSR count). The second kappa shape index (κ2) is 194. The van der Waals surface area contributed by atoms with Gasteiger partial charge in [0.05, 0.1) is 13.7 Å². The monoisotopic (exact) mass is 327 g/mol. The minimum atomic E-state index is -0.380. The normalized spacial score (nSPS) is 3.29. The van der Waals surface area contributed by atoms with Crippen LogP contribution >= 0.6 is 0 Å². The van der Waals surface area contributed by atoms with Gasteiger partial charge in [0.1, 0.15) is 0 Å². The van der Waals surface area contributed by atoms with Crippen molar-refractivity contribution in [2.45, 2.75) is 0 Å². The van der Waals surface area contributed by atoms with E-state index < -0.39 is 0 Å². The molecule has 0 spiro atoms.